The first-order valence-corrected chi connectivity index (χ1v) is 7.82. The average molecular weight is 339 g/mol. The fourth-order valence-corrected chi connectivity index (χ4v) is 2.63. The van der Waals surface area contributed by atoms with E-state index in [1.54, 1.807) is 18.2 Å². The fourth-order valence-electron chi connectivity index (χ4n) is 1.79. The molecule has 2 aromatic rings. The van der Waals surface area contributed by atoms with Crippen LogP contribution in [0.15, 0.2) is 18.2 Å². The van der Waals surface area contributed by atoms with Gasteiger partial charge in [0.25, 0.3) is 5.91 Å². The molecule has 0 fully saturated rings. The van der Waals surface area contributed by atoms with Crippen LogP contribution in [0, 0.1) is 6.92 Å². The molecular formula is C14H15ClN4O2S. The van der Waals surface area contributed by atoms with Gasteiger partial charge in [0.05, 0.1) is 12.2 Å². The van der Waals surface area contributed by atoms with Crippen molar-refractivity contribution in [3.63, 3.8) is 0 Å². The summed E-state index contributed by atoms with van der Waals surface area (Å²) in [6, 6.07) is 5.25. The summed E-state index contributed by atoms with van der Waals surface area (Å²) in [5, 5.41) is 9.71. The Morgan fingerprint density at radius 1 is 1.36 bits per heavy atom. The maximum atomic E-state index is 12.0. The molecule has 0 unspecified atom stereocenters. The zero-order valence-electron chi connectivity index (χ0n) is 12.1. The number of hydrogen-bond donors (Lipinski definition) is 2. The first-order chi connectivity index (χ1) is 10.5. The van der Waals surface area contributed by atoms with Gasteiger partial charge >= 0.3 is 0 Å². The van der Waals surface area contributed by atoms with Gasteiger partial charge in [0.15, 0.2) is 0 Å². The van der Waals surface area contributed by atoms with Gasteiger partial charge in [0, 0.05) is 10.7 Å². The zero-order valence-corrected chi connectivity index (χ0v) is 13.7. The summed E-state index contributed by atoms with van der Waals surface area (Å²) >= 11 is 7.01. The Hall–Kier alpha value is -1.99. The number of anilines is 1. The number of nitrogens with zero attached hydrogens (tertiary/aromatic N) is 2. The molecule has 0 bridgehead atoms. The fraction of sp³-hybridized carbons (Fsp3) is 0.286. The zero-order chi connectivity index (χ0) is 16.1. The lowest BCUT2D eigenvalue weighted by atomic mass is 10.2. The molecule has 2 N–H and O–H groups in total. The molecule has 0 spiro atoms. The van der Waals surface area contributed by atoms with Crippen LogP contribution in [0.2, 0.25) is 5.02 Å². The van der Waals surface area contributed by atoms with E-state index in [0.717, 1.165) is 17.1 Å². The van der Waals surface area contributed by atoms with E-state index in [0.29, 0.717) is 27.7 Å². The van der Waals surface area contributed by atoms with Gasteiger partial charge in [-0.05, 0) is 42.6 Å². The van der Waals surface area contributed by atoms with Gasteiger partial charge in [-0.1, -0.05) is 29.1 Å². The molecule has 1 aromatic heterocycles. The summed E-state index contributed by atoms with van der Waals surface area (Å²) in [5.74, 6) is -0.668. The summed E-state index contributed by atoms with van der Waals surface area (Å²) in [4.78, 5) is 24.3. The number of amides is 2. The van der Waals surface area contributed by atoms with Crippen molar-refractivity contribution in [2.45, 2.75) is 20.3 Å². The molecule has 0 saturated carbocycles. The van der Waals surface area contributed by atoms with Gasteiger partial charge in [-0.3, -0.25) is 9.59 Å². The van der Waals surface area contributed by atoms with Crippen LogP contribution < -0.4 is 10.6 Å². The average Bonchev–Trinajstić information content (AvgIpc) is 2.98. The molecule has 22 heavy (non-hydrogen) atoms. The summed E-state index contributed by atoms with van der Waals surface area (Å²) in [5.41, 5.74) is 2.04. The van der Waals surface area contributed by atoms with E-state index in [1.807, 2.05) is 13.8 Å². The van der Waals surface area contributed by atoms with Gasteiger partial charge in [-0.15, -0.1) is 5.10 Å². The monoisotopic (exact) mass is 338 g/mol. The lowest BCUT2D eigenvalue weighted by Gasteiger charge is -2.10. The minimum Gasteiger partial charge on any atom is -0.342 e. The van der Waals surface area contributed by atoms with E-state index in [9.17, 15) is 9.59 Å². The van der Waals surface area contributed by atoms with Gasteiger partial charge < -0.3 is 10.6 Å². The molecule has 0 aliphatic carbocycles. The van der Waals surface area contributed by atoms with E-state index in [1.165, 1.54) is 0 Å². The van der Waals surface area contributed by atoms with Crippen molar-refractivity contribution in [2.75, 3.05) is 11.9 Å². The lowest BCUT2D eigenvalue weighted by molar-refractivity contribution is -0.115. The molecule has 0 aliphatic heterocycles. The number of aryl methyl sites for hydroxylation is 1. The Kier molecular flexibility index (Phi) is 5.46. The van der Waals surface area contributed by atoms with Crippen LogP contribution in [-0.4, -0.2) is 27.9 Å². The maximum Gasteiger partial charge on any atom is 0.265 e. The highest BCUT2D eigenvalue weighted by Gasteiger charge is 2.16. The van der Waals surface area contributed by atoms with Crippen molar-refractivity contribution in [3.05, 3.63) is 39.4 Å². The van der Waals surface area contributed by atoms with Crippen molar-refractivity contribution in [3.8, 4) is 0 Å². The Bertz CT molecular complexity index is 702. The second-order valence-electron chi connectivity index (χ2n) is 4.55. The number of carbonyl (C=O) groups is 2. The van der Waals surface area contributed by atoms with Crippen LogP contribution >= 0.6 is 23.1 Å². The van der Waals surface area contributed by atoms with Crippen molar-refractivity contribution < 1.29 is 9.59 Å². The molecule has 6 nitrogen and oxygen atoms in total. The normalized spacial score (nSPS) is 10.3. The number of carbonyl (C=O) groups excluding carboxylic acids is 2. The Morgan fingerprint density at radius 3 is 2.86 bits per heavy atom. The lowest BCUT2D eigenvalue weighted by Crippen LogP contribution is -2.33. The molecule has 0 radical (unpaired) electrons. The SMILES string of the molecule is CCc1nnsc1C(=O)NCC(=O)Nc1cccc(Cl)c1C. The van der Waals surface area contributed by atoms with E-state index < -0.39 is 0 Å². The molecular weight excluding hydrogens is 324 g/mol. The summed E-state index contributed by atoms with van der Waals surface area (Å²) in [7, 11) is 0. The van der Waals surface area contributed by atoms with Crippen LogP contribution in [-0.2, 0) is 11.2 Å². The molecule has 1 aromatic carbocycles. The van der Waals surface area contributed by atoms with Gasteiger partial charge in [0.1, 0.15) is 4.88 Å². The molecule has 0 atom stereocenters. The number of aromatic nitrogens is 2. The number of hydrogen-bond acceptors (Lipinski definition) is 5. The molecule has 2 rings (SSSR count). The second kappa shape index (κ2) is 7.33. The van der Waals surface area contributed by atoms with E-state index >= 15 is 0 Å². The summed E-state index contributed by atoms with van der Waals surface area (Å²) in [6.07, 6.45) is 0.618. The molecule has 2 amide bonds. The Labute approximate surface area is 137 Å². The third-order valence-corrected chi connectivity index (χ3v) is 4.22. The van der Waals surface area contributed by atoms with E-state index in [2.05, 4.69) is 20.2 Å². The summed E-state index contributed by atoms with van der Waals surface area (Å²) < 4.78 is 3.75. The molecule has 0 saturated heterocycles. The molecule has 0 aliphatic rings. The van der Waals surface area contributed by atoms with Crippen molar-refractivity contribution in [2.24, 2.45) is 0 Å². The highest BCUT2D eigenvalue weighted by Crippen LogP contribution is 2.22. The van der Waals surface area contributed by atoms with Gasteiger partial charge in [-0.25, -0.2) is 0 Å². The highest BCUT2D eigenvalue weighted by molar-refractivity contribution is 7.08. The number of rotatable bonds is 5. The van der Waals surface area contributed by atoms with E-state index in [-0.39, 0.29) is 18.4 Å². The standard InChI is InChI=1S/C14H15ClN4O2S/c1-3-10-13(22-19-18-10)14(21)16-7-12(20)17-11-6-4-5-9(15)8(11)2/h4-6H,3,7H2,1-2H3,(H,16,21)(H,17,20). The maximum absolute atomic E-state index is 12.0. The Morgan fingerprint density at radius 2 is 2.14 bits per heavy atom. The number of halogens is 1. The van der Waals surface area contributed by atoms with Crippen LogP contribution in [0.4, 0.5) is 5.69 Å². The third-order valence-electron chi connectivity index (χ3n) is 3.05. The minimum atomic E-state index is -0.343. The predicted molar refractivity (Wildman–Crippen MR) is 86.4 cm³/mol. The first kappa shape index (κ1) is 16.4. The predicted octanol–water partition coefficient (Wildman–Crippen LogP) is 2.43. The second-order valence-corrected chi connectivity index (χ2v) is 5.71. The van der Waals surface area contributed by atoms with Crippen molar-refractivity contribution in [1.29, 1.82) is 0 Å². The quantitative estimate of drug-likeness (QED) is 0.877. The smallest absolute Gasteiger partial charge is 0.265 e. The van der Waals surface area contributed by atoms with Crippen molar-refractivity contribution in [1.82, 2.24) is 14.9 Å². The van der Waals surface area contributed by atoms with Crippen LogP contribution in [0.5, 0.6) is 0 Å². The third kappa shape index (κ3) is 3.80. The van der Waals surface area contributed by atoms with Crippen LogP contribution in [0.3, 0.4) is 0 Å². The van der Waals surface area contributed by atoms with Crippen LogP contribution in [0.1, 0.15) is 27.9 Å². The minimum absolute atomic E-state index is 0.133. The topological polar surface area (TPSA) is 84.0 Å². The molecule has 116 valence electrons. The van der Waals surface area contributed by atoms with E-state index in [4.69, 9.17) is 11.6 Å². The molecule has 8 heteroatoms. The first-order valence-electron chi connectivity index (χ1n) is 6.67. The number of benzene rings is 1. The number of nitrogens with one attached hydrogen (secondary N) is 2. The van der Waals surface area contributed by atoms with Crippen LogP contribution in [0.25, 0.3) is 0 Å². The largest absolute Gasteiger partial charge is 0.342 e. The van der Waals surface area contributed by atoms with Gasteiger partial charge in [0.2, 0.25) is 5.91 Å². The van der Waals surface area contributed by atoms with Crippen molar-refractivity contribution >= 4 is 40.6 Å². The Balaban J connectivity index is 1.93. The van der Waals surface area contributed by atoms with Gasteiger partial charge in [-0.2, -0.15) is 0 Å². The summed E-state index contributed by atoms with van der Waals surface area (Å²) in [6.45, 7) is 3.57. The highest BCUT2D eigenvalue weighted by atomic mass is 35.5. The molecule has 1 heterocycles.